The fourth-order valence-electron chi connectivity index (χ4n) is 7.01. The number of fused-ring (bicyclic) bond motifs is 2. The summed E-state index contributed by atoms with van der Waals surface area (Å²) in [5.74, 6) is 0.366. The summed E-state index contributed by atoms with van der Waals surface area (Å²) in [5.41, 5.74) is 3.38. The first-order valence-corrected chi connectivity index (χ1v) is 15.9. The Morgan fingerprint density at radius 3 is 2.48 bits per heavy atom. The van der Waals surface area contributed by atoms with Crippen molar-refractivity contribution in [2.24, 2.45) is 7.05 Å². The molecule has 2 aromatic carbocycles. The van der Waals surface area contributed by atoms with E-state index >= 15 is 0 Å². The van der Waals surface area contributed by atoms with Crippen LogP contribution in [-0.2, 0) is 37.5 Å². The minimum Gasteiger partial charge on any atom is -0.497 e. The fraction of sp³-hybridized carbons (Fsp3) is 0.371. The number of carbonyl (C=O) groups is 1. The maximum absolute atomic E-state index is 14.5. The summed E-state index contributed by atoms with van der Waals surface area (Å²) in [6.45, 7) is 3.07. The number of likely N-dealkylation sites (tertiary alicyclic amines) is 1. The number of alkyl halides is 3. The molecule has 0 radical (unpaired) electrons. The number of hydrogen-bond donors (Lipinski definition) is 0. The topological polar surface area (TPSA) is 90.5 Å². The number of methoxy groups -OCH3 is 2. The van der Waals surface area contributed by atoms with Gasteiger partial charge in [-0.2, -0.15) is 18.3 Å². The van der Waals surface area contributed by atoms with E-state index in [1.165, 1.54) is 13.2 Å². The average molecular weight is 660 g/mol. The van der Waals surface area contributed by atoms with Crippen LogP contribution < -0.4 is 9.64 Å². The van der Waals surface area contributed by atoms with Crippen LogP contribution in [0.2, 0.25) is 0 Å². The van der Waals surface area contributed by atoms with E-state index in [-0.39, 0.29) is 24.1 Å². The van der Waals surface area contributed by atoms with Crippen LogP contribution in [-0.4, -0.2) is 75.1 Å². The molecule has 2 aliphatic heterocycles. The molecule has 0 saturated carbocycles. The molecule has 0 N–H and O–H groups in total. The van der Waals surface area contributed by atoms with Crippen molar-refractivity contribution in [2.75, 3.05) is 38.8 Å². The van der Waals surface area contributed by atoms with E-state index in [2.05, 4.69) is 15.0 Å². The lowest BCUT2D eigenvalue weighted by atomic mass is 9.87. The summed E-state index contributed by atoms with van der Waals surface area (Å²) in [5, 5.41) is 4.53. The molecule has 5 aromatic rings. The van der Waals surface area contributed by atoms with Gasteiger partial charge < -0.3 is 18.9 Å². The number of aryl methyl sites for hydroxylation is 1. The Labute approximate surface area is 275 Å². The second kappa shape index (κ2) is 12.7. The molecule has 1 amide bonds. The zero-order valence-corrected chi connectivity index (χ0v) is 27.0. The zero-order chi connectivity index (χ0) is 33.6. The predicted octanol–water partition coefficient (Wildman–Crippen LogP) is 5.72. The van der Waals surface area contributed by atoms with Crippen molar-refractivity contribution in [1.29, 1.82) is 0 Å². The molecule has 0 aliphatic carbocycles. The predicted molar refractivity (Wildman–Crippen MR) is 174 cm³/mol. The standard InChI is InChI=1S/C35H36F3N7O3/c1-42-20-30(33(41-42)35(36,37)38)27-14-22(18-44-13-9-39-21-44)15-28-26(27)7-12-45(34(28)46)31-4-8-40-32-23(16-25(48-3)17-29(31)32)19-43-10-5-24(47-2)6-11-43/h4,8-9,13-17,20-21,24H,5-7,10-12,18-19H2,1-3H3. The van der Waals surface area contributed by atoms with Crippen LogP contribution in [0.5, 0.6) is 5.75 Å². The summed E-state index contributed by atoms with van der Waals surface area (Å²) >= 11 is 0. The van der Waals surface area contributed by atoms with E-state index in [9.17, 15) is 18.0 Å². The third-order valence-electron chi connectivity index (χ3n) is 9.35. The van der Waals surface area contributed by atoms with Crippen molar-refractivity contribution in [2.45, 2.75) is 44.6 Å². The van der Waals surface area contributed by atoms with Crippen molar-refractivity contribution in [1.82, 2.24) is 29.2 Å². The number of amides is 1. The van der Waals surface area contributed by atoms with Crippen LogP contribution in [0.3, 0.4) is 0 Å². The molecule has 48 heavy (non-hydrogen) atoms. The Morgan fingerprint density at radius 2 is 1.77 bits per heavy atom. The van der Waals surface area contributed by atoms with Crippen LogP contribution >= 0.6 is 0 Å². The lowest BCUT2D eigenvalue weighted by Crippen LogP contribution is -2.38. The SMILES string of the molecule is COc1cc(CN2CCC(OC)CC2)c2nccc(N3CCc4c(cc(Cn5ccnc5)cc4-c4cn(C)nc4C(F)(F)F)C3=O)c2c1. The molecule has 1 fully saturated rings. The van der Waals surface area contributed by atoms with Gasteiger partial charge in [0.1, 0.15) is 5.75 Å². The van der Waals surface area contributed by atoms with E-state index in [0.29, 0.717) is 53.2 Å². The number of pyridine rings is 1. The number of aromatic nitrogens is 5. The van der Waals surface area contributed by atoms with E-state index in [0.717, 1.165) is 47.1 Å². The molecule has 0 unspecified atom stereocenters. The van der Waals surface area contributed by atoms with Gasteiger partial charge in [-0.05, 0) is 71.8 Å². The summed E-state index contributed by atoms with van der Waals surface area (Å²) in [6, 6.07) is 9.24. The number of halogens is 3. The number of rotatable bonds is 8. The van der Waals surface area contributed by atoms with Crippen LogP contribution in [0.4, 0.5) is 18.9 Å². The quantitative estimate of drug-likeness (QED) is 0.211. The number of imidazole rings is 1. The number of carbonyl (C=O) groups excluding carboxylic acids is 1. The van der Waals surface area contributed by atoms with Gasteiger partial charge in [0, 0.05) is 88.2 Å². The Balaban J connectivity index is 1.31. The highest BCUT2D eigenvalue weighted by molar-refractivity contribution is 6.13. The van der Waals surface area contributed by atoms with E-state index < -0.39 is 11.9 Å². The molecular weight excluding hydrogens is 623 g/mol. The minimum absolute atomic E-state index is 0.0479. The molecule has 5 heterocycles. The highest BCUT2D eigenvalue weighted by Crippen LogP contribution is 2.41. The van der Waals surface area contributed by atoms with Gasteiger partial charge in [-0.15, -0.1) is 0 Å². The summed E-state index contributed by atoms with van der Waals surface area (Å²) in [6.07, 6.45) is 5.97. The zero-order valence-electron chi connectivity index (χ0n) is 27.0. The smallest absolute Gasteiger partial charge is 0.435 e. The van der Waals surface area contributed by atoms with Gasteiger partial charge in [0.2, 0.25) is 0 Å². The van der Waals surface area contributed by atoms with Crippen LogP contribution in [0.1, 0.15) is 45.6 Å². The van der Waals surface area contributed by atoms with Crippen molar-refractivity contribution < 1.29 is 27.4 Å². The Hall–Kier alpha value is -4.75. The first kappa shape index (κ1) is 31.8. The maximum Gasteiger partial charge on any atom is 0.435 e. The molecule has 0 atom stereocenters. The van der Waals surface area contributed by atoms with Gasteiger partial charge >= 0.3 is 6.18 Å². The van der Waals surface area contributed by atoms with E-state index in [4.69, 9.17) is 14.5 Å². The average Bonchev–Trinajstić information content (AvgIpc) is 3.74. The Bertz CT molecular complexity index is 1960. The molecule has 7 rings (SSSR count). The largest absolute Gasteiger partial charge is 0.497 e. The number of benzene rings is 2. The first-order valence-electron chi connectivity index (χ1n) is 15.9. The van der Waals surface area contributed by atoms with Crippen molar-refractivity contribution in [3.63, 3.8) is 0 Å². The first-order chi connectivity index (χ1) is 23.1. The normalized spacial score (nSPS) is 16.1. The number of anilines is 1. The molecule has 3 aromatic heterocycles. The van der Waals surface area contributed by atoms with E-state index in [1.807, 2.05) is 22.8 Å². The number of ether oxygens (including phenoxy) is 2. The van der Waals surface area contributed by atoms with Crippen LogP contribution in [0.15, 0.2) is 61.4 Å². The van der Waals surface area contributed by atoms with Crippen LogP contribution in [0, 0.1) is 0 Å². The van der Waals surface area contributed by atoms with Crippen molar-refractivity contribution >= 4 is 22.5 Å². The summed E-state index contributed by atoms with van der Waals surface area (Å²) in [7, 11) is 4.83. The fourth-order valence-corrected chi connectivity index (χ4v) is 7.01. The maximum atomic E-state index is 14.5. The number of piperidine rings is 1. The molecule has 10 nitrogen and oxygen atoms in total. The van der Waals surface area contributed by atoms with Gasteiger partial charge in [0.05, 0.1) is 30.7 Å². The molecule has 2 aliphatic rings. The van der Waals surface area contributed by atoms with Gasteiger partial charge in [0.25, 0.3) is 5.91 Å². The third-order valence-corrected chi connectivity index (χ3v) is 9.35. The molecule has 13 heteroatoms. The molecular formula is C35H36F3N7O3. The van der Waals surface area contributed by atoms with Crippen LogP contribution in [0.25, 0.3) is 22.0 Å². The second-order valence-corrected chi connectivity index (χ2v) is 12.4. The minimum atomic E-state index is -4.67. The summed E-state index contributed by atoms with van der Waals surface area (Å²) < 4.78 is 56.8. The lowest BCUT2D eigenvalue weighted by molar-refractivity contribution is -0.141. The van der Waals surface area contributed by atoms with Crippen molar-refractivity contribution in [3.05, 3.63) is 89.4 Å². The lowest BCUT2D eigenvalue weighted by Gasteiger charge is -2.32. The summed E-state index contributed by atoms with van der Waals surface area (Å²) in [4.78, 5) is 27.4. The molecule has 250 valence electrons. The number of nitrogens with zero attached hydrogens (tertiary/aromatic N) is 7. The molecule has 0 bridgehead atoms. The highest BCUT2D eigenvalue weighted by Gasteiger charge is 2.39. The monoisotopic (exact) mass is 659 g/mol. The molecule has 1 saturated heterocycles. The molecule has 0 spiro atoms. The van der Waals surface area contributed by atoms with E-state index in [1.54, 1.807) is 56.2 Å². The van der Waals surface area contributed by atoms with Gasteiger partial charge in [-0.25, -0.2) is 4.98 Å². The second-order valence-electron chi connectivity index (χ2n) is 12.4. The Kier molecular flexibility index (Phi) is 8.42. The van der Waals surface area contributed by atoms with Gasteiger partial charge in [-0.1, -0.05) is 0 Å². The highest BCUT2D eigenvalue weighted by atomic mass is 19.4. The third kappa shape index (κ3) is 6.03. The Morgan fingerprint density at radius 1 is 0.979 bits per heavy atom. The van der Waals surface area contributed by atoms with Gasteiger partial charge in [0.15, 0.2) is 5.69 Å². The van der Waals surface area contributed by atoms with Crippen molar-refractivity contribution in [3.8, 4) is 16.9 Å². The van der Waals surface area contributed by atoms with Gasteiger partial charge in [-0.3, -0.25) is 19.4 Å². The number of hydrogen-bond acceptors (Lipinski definition) is 7.